The van der Waals surface area contributed by atoms with Crippen molar-refractivity contribution in [2.24, 2.45) is 5.73 Å². The molecule has 2 rings (SSSR count). The summed E-state index contributed by atoms with van der Waals surface area (Å²) in [7, 11) is 2.22. The fourth-order valence-corrected chi connectivity index (χ4v) is 3.06. The molecule has 0 amide bonds. The molecule has 0 aromatic heterocycles. The van der Waals surface area contributed by atoms with Gasteiger partial charge in [0.2, 0.25) is 0 Å². The highest BCUT2D eigenvalue weighted by molar-refractivity contribution is 5.33. The van der Waals surface area contributed by atoms with E-state index in [0.717, 1.165) is 18.9 Å². The minimum absolute atomic E-state index is 0.589. The first-order chi connectivity index (χ1) is 8.72. The maximum atomic E-state index is 5.71. The number of likely N-dealkylation sites (tertiary alicyclic amines) is 1. The second-order valence-corrected chi connectivity index (χ2v) is 5.68. The van der Waals surface area contributed by atoms with Crippen molar-refractivity contribution in [2.45, 2.75) is 38.0 Å². The van der Waals surface area contributed by atoms with Gasteiger partial charge in [-0.2, -0.15) is 0 Å². The van der Waals surface area contributed by atoms with Crippen molar-refractivity contribution in [1.82, 2.24) is 4.90 Å². The van der Waals surface area contributed by atoms with Crippen LogP contribution in [0, 0.1) is 0 Å². The van der Waals surface area contributed by atoms with Gasteiger partial charge in [0.1, 0.15) is 0 Å². The number of piperidine rings is 1. The van der Waals surface area contributed by atoms with Crippen LogP contribution in [0.4, 0.5) is 0 Å². The summed E-state index contributed by atoms with van der Waals surface area (Å²) in [6, 6.07) is 8.99. The van der Waals surface area contributed by atoms with Gasteiger partial charge in [0, 0.05) is 0 Å². The largest absolute Gasteiger partial charge is 0.330 e. The molecule has 1 fully saturated rings. The van der Waals surface area contributed by atoms with Crippen LogP contribution in [0.15, 0.2) is 24.3 Å². The lowest BCUT2D eigenvalue weighted by molar-refractivity contribution is 0.254. The van der Waals surface area contributed by atoms with Gasteiger partial charge in [-0.05, 0) is 68.9 Å². The van der Waals surface area contributed by atoms with Gasteiger partial charge in [0.15, 0.2) is 0 Å². The van der Waals surface area contributed by atoms with Crippen molar-refractivity contribution in [3.05, 3.63) is 35.4 Å². The molecule has 0 aliphatic carbocycles. The predicted molar refractivity (Wildman–Crippen MR) is 78.0 cm³/mol. The van der Waals surface area contributed by atoms with E-state index in [1.807, 2.05) is 0 Å². The third-order valence-corrected chi connectivity index (χ3v) is 4.28. The zero-order valence-electron chi connectivity index (χ0n) is 11.7. The molecular weight excluding hydrogens is 220 g/mol. The van der Waals surface area contributed by atoms with Crippen molar-refractivity contribution >= 4 is 0 Å². The zero-order chi connectivity index (χ0) is 13.0. The van der Waals surface area contributed by atoms with Gasteiger partial charge in [-0.3, -0.25) is 0 Å². The Morgan fingerprint density at radius 3 is 2.61 bits per heavy atom. The molecular formula is C16H26N2. The molecule has 0 bridgehead atoms. The quantitative estimate of drug-likeness (QED) is 0.885. The Morgan fingerprint density at radius 1 is 1.28 bits per heavy atom. The molecule has 2 nitrogen and oxygen atoms in total. The average molecular weight is 246 g/mol. The highest BCUT2D eigenvalue weighted by Gasteiger charge is 2.21. The Kier molecular flexibility index (Phi) is 4.79. The Labute approximate surface area is 111 Å². The second-order valence-electron chi connectivity index (χ2n) is 5.68. The van der Waals surface area contributed by atoms with Crippen molar-refractivity contribution in [3.63, 3.8) is 0 Å². The van der Waals surface area contributed by atoms with E-state index in [-0.39, 0.29) is 0 Å². The number of nitrogens with two attached hydrogens (primary N) is 1. The van der Waals surface area contributed by atoms with E-state index < -0.39 is 0 Å². The average Bonchev–Trinajstić information content (AvgIpc) is 2.40. The topological polar surface area (TPSA) is 29.3 Å². The number of nitrogens with zero attached hydrogens (tertiary/aromatic N) is 1. The molecule has 1 aliphatic rings. The lowest BCUT2D eigenvalue weighted by Crippen LogP contribution is -2.29. The molecule has 18 heavy (non-hydrogen) atoms. The maximum Gasteiger partial charge on any atom is -0.00159 e. The van der Waals surface area contributed by atoms with Crippen LogP contribution >= 0.6 is 0 Å². The van der Waals surface area contributed by atoms with Gasteiger partial charge in [-0.1, -0.05) is 31.2 Å². The van der Waals surface area contributed by atoms with Crippen molar-refractivity contribution in [3.8, 4) is 0 Å². The van der Waals surface area contributed by atoms with E-state index >= 15 is 0 Å². The van der Waals surface area contributed by atoms with Gasteiger partial charge in [-0.25, -0.2) is 0 Å². The summed E-state index contributed by atoms with van der Waals surface area (Å²) >= 11 is 0. The molecule has 100 valence electrons. The van der Waals surface area contributed by atoms with E-state index in [0.29, 0.717) is 5.92 Å². The minimum atomic E-state index is 0.589. The summed E-state index contributed by atoms with van der Waals surface area (Å²) in [5, 5.41) is 0. The minimum Gasteiger partial charge on any atom is -0.330 e. The van der Waals surface area contributed by atoms with E-state index in [4.69, 9.17) is 5.73 Å². The van der Waals surface area contributed by atoms with Crippen LogP contribution in [0.25, 0.3) is 0 Å². The van der Waals surface area contributed by atoms with E-state index in [1.165, 1.54) is 31.5 Å². The van der Waals surface area contributed by atoms with Crippen molar-refractivity contribution in [2.75, 3.05) is 26.7 Å². The molecule has 1 aromatic carbocycles. The zero-order valence-corrected chi connectivity index (χ0v) is 11.7. The van der Waals surface area contributed by atoms with E-state index in [2.05, 4.69) is 43.1 Å². The Morgan fingerprint density at radius 2 is 1.94 bits per heavy atom. The lowest BCUT2D eigenvalue weighted by atomic mass is 9.82. The Balaban J connectivity index is 2.16. The third kappa shape index (κ3) is 3.12. The maximum absolute atomic E-state index is 5.71. The van der Waals surface area contributed by atoms with Crippen LogP contribution < -0.4 is 5.73 Å². The number of rotatable bonds is 4. The summed E-state index contributed by atoms with van der Waals surface area (Å²) in [6.07, 6.45) is 3.68. The lowest BCUT2D eigenvalue weighted by Gasteiger charge is -2.31. The summed E-state index contributed by atoms with van der Waals surface area (Å²) in [4.78, 5) is 2.43. The van der Waals surface area contributed by atoms with E-state index in [9.17, 15) is 0 Å². The number of hydrogen-bond acceptors (Lipinski definition) is 2. The molecule has 1 atom stereocenters. The van der Waals surface area contributed by atoms with Gasteiger partial charge >= 0.3 is 0 Å². The number of benzene rings is 1. The smallest absolute Gasteiger partial charge is 0.00159 e. The first-order valence-electron chi connectivity index (χ1n) is 7.19. The molecule has 2 N–H and O–H groups in total. The van der Waals surface area contributed by atoms with Crippen LogP contribution in [0.3, 0.4) is 0 Å². The van der Waals surface area contributed by atoms with Crippen molar-refractivity contribution < 1.29 is 0 Å². The highest BCUT2D eigenvalue weighted by Crippen LogP contribution is 2.33. The van der Waals surface area contributed by atoms with Gasteiger partial charge < -0.3 is 10.6 Å². The first-order valence-corrected chi connectivity index (χ1v) is 7.19. The molecule has 1 aliphatic heterocycles. The summed E-state index contributed by atoms with van der Waals surface area (Å²) in [6.45, 7) is 5.54. The predicted octanol–water partition coefficient (Wildman–Crippen LogP) is 2.95. The Bertz CT molecular complexity index is 367. The van der Waals surface area contributed by atoms with Gasteiger partial charge in [0.25, 0.3) is 0 Å². The molecule has 0 radical (unpaired) electrons. The third-order valence-electron chi connectivity index (χ3n) is 4.28. The standard InChI is InChI=1S/C16H26N2/c1-13(7-10-17)15-5-3-4-6-16(15)14-8-11-18(2)12-9-14/h3-6,13-14H,7-12,17H2,1-2H3. The second kappa shape index (κ2) is 6.35. The number of hydrogen-bond donors (Lipinski definition) is 1. The van der Waals surface area contributed by atoms with E-state index in [1.54, 1.807) is 5.56 Å². The van der Waals surface area contributed by atoms with Crippen molar-refractivity contribution in [1.29, 1.82) is 0 Å². The monoisotopic (exact) mass is 246 g/mol. The molecule has 1 aromatic rings. The van der Waals surface area contributed by atoms with Crippen LogP contribution in [0.5, 0.6) is 0 Å². The van der Waals surface area contributed by atoms with Crippen LogP contribution in [-0.4, -0.2) is 31.6 Å². The first kappa shape index (κ1) is 13.6. The van der Waals surface area contributed by atoms with Crippen LogP contribution in [-0.2, 0) is 0 Å². The summed E-state index contributed by atoms with van der Waals surface area (Å²) in [5.41, 5.74) is 8.81. The SMILES string of the molecule is CC(CCN)c1ccccc1C1CCN(C)CC1. The molecule has 2 heteroatoms. The normalized spacial score (nSPS) is 19.9. The van der Waals surface area contributed by atoms with Gasteiger partial charge in [-0.15, -0.1) is 0 Å². The Hall–Kier alpha value is -0.860. The molecule has 1 saturated heterocycles. The van der Waals surface area contributed by atoms with Crippen LogP contribution in [0.2, 0.25) is 0 Å². The fraction of sp³-hybridized carbons (Fsp3) is 0.625. The summed E-state index contributed by atoms with van der Waals surface area (Å²) < 4.78 is 0. The molecule has 1 unspecified atom stereocenters. The summed E-state index contributed by atoms with van der Waals surface area (Å²) in [5.74, 6) is 1.34. The van der Waals surface area contributed by atoms with Crippen LogP contribution in [0.1, 0.15) is 49.1 Å². The highest BCUT2D eigenvalue weighted by atomic mass is 15.1. The molecule has 0 saturated carbocycles. The molecule has 0 spiro atoms. The fourth-order valence-electron chi connectivity index (χ4n) is 3.06. The van der Waals surface area contributed by atoms with Gasteiger partial charge in [0.05, 0.1) is 0 Å². The molecule has 1 heterocycles.